The van der Waals surface area contributed by atoms with Gasteiger partial charge in [0.15, 0.2) is 5.78 Å². The number of nitrogens with zero attached hydrogens (tertiary/aromatic N) is 2. The Balaban J connectivity index is 2.20. The number of carbonyl (C=O) groups excluding carboxylic acids is 1. The Bertz CT molecular complexity index is 615. The third-order valence-corrected chi connectivity index (χ3v) is 3.79. The summed E-state index contributed by atoms with van der Waals surface area (Å²) in [6.45, 7) is 3.52. The van der Waals surface area contributed by atoms with Gasteiger partial charge in [-0.3, -0.25) is 9.59 Å². The Morgan fingerprint density at radius 1 is 1.53 bits per heavy atom. The number of carboxylic acid groups (broad SMARTS) is 1. The molecule has 6 heteroatoms. The van der Waals surface area contributed by atoms with Gasteiger partial charge in [-0.2, -0.15) is 0 Å². The van der Waals surface area contributed by atoms with Crippen molar-refractivity contribution in [3.05, 3.63) is 34.5 Å². The van der Waals surface area contributed by atoms with Crippen LogP contribution in [0.2, 0.25) is 0 Å². The highest BCUT2D eigenvalue weighted by Crippen LogP contribution is 2.23. The second-order valence-electron chi connectivity index (χ2n) is 4.38. The summed E-state index contributed by atoms with van der Waals surface area (Å²) < 4.78 is 1.88. The lowest BCUT2D eigenvalue weighted by Gasteiger charge is -2.05. The summed E-state index contributed by atoms with van der Waals surface area (Å²) in [6.07, 6.45) is 3.38. The van der Waals surface area contributed by atoms with Crippen LogP contribution in [0.15, 0.2) is 23.8 Å². The van der Waals surface area contributed by atoms with E-state index in [1.807, 2.05) is 23.1 Å². The van der Waals surface area contributed by atoms with Crippen molar-refractivity contribution in [1.29, 1.82) is 0 Å². The molecule has 0 aliphatic carbocycles. The van der Waals surface area contributed by atoms with Gasteiger partial charge in [0.05, 0.1) is 17.0 Å². The Hall–Kier alpha value is -1.95. The highest BCUT2D eigenvalue weighted by Gasteiger charge is 2.20. The Kier molecular flexibility index (Phi) is 3.80. The van der Waals surface area contributed by atoms with E-state index in [-0.39, 0.29) is 12.2 Å². The molecule has 19 heavy (non-hydrogen) atoms. The number of hydrogen-bond donors (Lipinski definition) is 1. The molecule has 2 heterocycles. The lowest BCUT2D eigenvalue weighted by molar-refractivity contribution is -0.137. The van der Waals surface area contributed by atoms with Crippen LogP contribution in [0.4, 0.5) is 0 Å². The molecule has 1 atom stereocenters. The van der Waals surface area contributed by atoms with Gasteiger partial charge < -0.3 is 9.67 Å². The van der Waals surface area contributed by atoms with E-state index in [1.54, 1.807) is 19.2 Å². The number of hydrogen-bond acceptors (Lipinski definition) is 4. The van der Waals surface area contributed by atoms with E-state index >= 15 is 0 Å². The van der Waals surface area contributed by atoms with Crippen LogP contribution < -0.4 is 0 Å². The molecule has 0 saturated heterocycles. The van der Waals surface area contributed by atoms with Gasteiger partial charge in [0.25, 0.3) is 0 Å². The lowest BCUT2D eigenvalue weighted by Crippen LogP contribution is -2.14. The predicted octanol–water partition coefficient (Wildman–Crippen LogP) is 2.54. The first-order valence-electron chi connectivity index (χ1n) is 5.84. The number of aliphatic carboxylic acids is 1. The summed E-state index contributed by atoms with van der Waals surface area (Å²) in [5.74, 6) is -0.747. The highest BCUT2D eigenvalue weighted by atomic mass is 32.1. The molecule has 0 fully saturated rings. The molecule has 2 aromatic heterocycles. The van der Waals surface area contributed by atoms with Crippen LogP contribution in [0.25, 0.3) is 5.69 Å². The molecule has 2 rings (SSSR count). The molecule has 0 bridgehead atoms. The van der Waals surface area contributed by atoms with E-state index in [2.05, 4.69) is 4.98 Å². The average molecular weight is 278 g/mol. The van der Waals surface area contributed by atoms with Crippen molar-refractivity contribution < 1.29 is 14.7 Å². The fraction of sp³-hybridized carbons (Fsp3) is 0.308. The minimum atomic E-state index is -0.955. The maximum atomic E-state index is 12.1. The van der Waals surface area contributed by atoms with Crippen LogP contribution >= 0.6 is 11.3 Å². The minimum Gasteiger partial charge on any atom is -0.481 e. The average Bonchev–Trinajstić information content (AvgIpc) is 2.95. The summed E-state index contributed by atoms with van der Waals surface area (Å²) in [5, 5.41) is 10.6. The fourth-order valence-corrected chi connectivity index (χ4v) is 2.77. The van der Waals surface area contributed by atoms with E-state index < -0.39 is 11.9 Å². The fourth-order valence-electron chi connectivity index (χ4n) is 1.83. The second-order valence-corrected chi connectivity index (χ2v) is 5.29. The van der Waals surface area contributed by atoms with Gasteiger partial charge in [-0.15, -0.1) is 11.3 Å². The molecule has 2 aromatic rings. The van der Waals surface area contributed by atoms with Crippen molar-refractivity contribution in [2.24, 2.45) is 5.92 Å². The summed E-state index contributed by atoms with van der Waals surface area (Å²) in [7, 11) is 0. The van der Waals surface area contributed by atoms with Crippen LogP contribution in [0, 0.1) is 12.8 Å². The zero-order valence-electron chi connectivity index (χ0n) is 10.7. The molecule has 0 radical (unpaired) electrons. The molecule has 5 nitrogen and oxygen atoms in total. The topological polar surface area (TPSA) is 72.2 Å². The Morgan fingerprint density at radius 3 is 2.84 bits per heavy atom. The molecule has 0 amide bonds. The predicted molar refractivity (Wildman–Crippen MR) is 71.9 cm³/mol. The zero-order valence-corrected chi connectivity index (χ0v) is 11.5. The largest absolute Gasteiger partial charge is 0.481 e. The first kappa shape index (κ1) is 13.5. The lowest BCUT2D eigenvalue weighted by atomic mass is 10.0. The molecular formula is C13H14N2O3S. The summed E-state index contributed by atoms with van der Waals surface area (Å²) >= 11 is 1.33. The van der Waals surface area contributed by atoms with Crippen LogP contribution in [0.5, 0.6) is 0 Å². The maximum Gasteiger partial charge on any atom is 0.304 e. The molecule has 1 unspecified atom stereocenters. The monoisotopic (exact) mass is 278 g/mol. The maximum absolute atomic E-state index is 12.1. The van der Waals surface area contributed by atoms with Crippen molar-refractivity contribution >= 4 is 23.1 Å². The molecule has 1 N–H and O–H groups in total. The summed E-state index contributed by atoms with van der Waals surface area (Å²) in [6, 6.07) is 1.78. The quantitative estimate of drug-likeness (QED) is 0.853. The minimum absolute atomic E-state index is 0.128. The molecule has 0 saturated carbocycles. The number of carbonyl (C=O) groups is 2. The van der Waals surface area contributed by atoms with E-state index in [0.717, 1.165) is 11.5 Å². The number of imidazole rings is 1. The molecule has 0 aliphatic rings. The van der Waals surface area contributed by atoms with Crippen molar-refractivity contribution in [2.45, 2.75) is 20.3 Å². The summed E-state index contributed by atoms with van der Waals surface area (Å²) in [5.41, 5.74) is 0.880. The van der Waals surface area contributed by atoms with E-state index in [9.17, 15) is 9.59 Å². The number of thiophene rings is 1. The Labute approximate surface area is 114 Å². The van der Waals surface area contributed by atoms with E-state index in [0.29, 0.717) is 4.88 Å². The van der Waals surface area contributed by atoms with Gasteiger partial charge in [0, 0.05) is 23.7 Å². The van der Waals surface area contributed by atoms with Gasteiger partial charge in [0.1, 0.15) is 5.82 Å². The van der Waals surface area contributed by atoms with Gasteiger partial charge in [-0.1, -0.05) is 6.92 Å². The SMILES string of the molecule is Cc1nccn1-c1csc(C(=O)C(C)CC(=O)O)c1. The van der Waals surface area contributed by atoms with Crippen molar-refractivity contribution in [1.82, 2.24) is 9.55 Å². The van der Waals surface area contributed by atoms with Crippen LogP contribution in [0.1, 0.15) is 28.8 Å². The molecule has 0 spiro atoms. The van der Waals surface area contributed by atoms with Gasteiger partial charge in [-0.25, -0.2) is 4.98 Å². The van der Waals surface area contributed by atoms with Gasteiger partial charge >= 0.3 is 5.97 Å². The third-order valence-electron chi connectivity index (χ3n) is 2.86. The molecular weight excluding hydrogens is 264 g/mol. The first-order valence-corrected chi connectivity index (χ1v) is 6.72. The summed E-state index contributed by atoms with van der Waals surface area (Å²) in [4.78, 5) is 27.4. The normalized spacial score (nSPS) is 12.3. The van der Waals surface area contributed by atoms with Gasteiger partial charge in [0.2, 0.25) is 0 Å². The Morgan fingerprint density at radius 2 is 2.26 bits per heavy atom. The number of aromatic nitrogens is 2. The highest BCUT2D eigenvalue weighted by molar-refractivity contribution is 7.12. The standard InChI is InChI=1S/C13H14N2O3S/c1-8(5-12(16)17)13(18)11-6-10(7-19-11)15-4-3-14-9(15)2/h3-4,6-8H,5H2,1-2H3,(H,16,17). The third kappa shape index (κ3) is 2.90. The number of ketones is 1. The first-order chi connectivity index (χ1) is 8.99. The smallest absolute Gasteiger partial charge is 0.304 e. The van der Waals surface area contributed by atoms with Crippen molar-refractivity contribution in [3.8, 4) is 5.69 Å². The molecule has 0 aromatic carbocycles. The number of rotatable bonds is 5. The van der Waals surface area contributed by atoms with Crippen LogP contribution in [-0.2, 0) is 4.79 Å². The molecule has 100 valence electrons. The number of Topliss-reactive ketones (excluding diaryl/α,β-unsaturated/α-hetero) is 1. The number of carboxylic acids is 1. The van der Waals surface area contributed by atoms with E-state index in [1.165, 1.54) is 11.3 Å². The van der Waals surface area contributed by atoms with Gasteiger partial charge in [-0.05, 0) is 13.0 Å². The van der Waals surface area contributed by atoms with Crippen LogP contribution in [-0.4, -0.2) is 26.4 Å². The zero-order chi connectivity index (χ0) is 14.0. The van der Waals surface area contributed by atoms with E-state index in [4.69, 9.17) is 5.11 Å². The second kappa shape index (κ2) is 5.36. The number of aryl methyl sites for hydroxylation is 1. The van der Waals surface area contributed by atoms with Crippen molar-refractivity contribution in [3.63, 3.8) is 0 Å². The molecule has 0 aliphatic heterocycles. The van der Waals surface area contributed by atoms with Crippen molar-refractivity contribution in [2.75, 3.05) is 0 Å². The van der Waals surface area contributed by atoms with Crippen LogP contribution in [0.3, 0.4) is 0 Å².